The van der Waals surface area contributed by atoms with Crippen LogP contribution in [0, 0.1) is 5.92 Å². The molecule has 0 aliphatic carbocycles. The first-order chi connectivity index (χ1) is 16.0. The molecule has 1 saturated heterocycles. The van der Waals surface area contributed by atoms with Gasteiger partial charge in [-0.3, -0.25) is 4.99 Å². The van der Waals surface area contributed by atoms with E-state index in [1.54, 1.807) is 7.11 Å². The molecule has 33 heavy (non-hydrogen) atoms. The topological polar surface area (TPSA) is 56.1 Å². The number of rotatable bonds is 5. The van der Waals surface area contributed by atoms with Gasteiger partial charge in [0.2, 0.25) is 0 Å². The zero-order valence-corrected chi connectivity index (χ0v) is 20.0. The number of likely N-dealkylation sites (tertiary alicyclic amines) is 1. The molecule has 1 fully saturated rings. The smallest absolute Gasteiger partial charge is 0.410 e. The molecule has 0 saturated carbocycles. The number of methoxy groups -OCH3 is 1. The van der Waals surface area contributed by atoms with Crippen molar-refractivity contribution in [2.75, 3.05) is 20.2 Å². The summed E-state index contributed by atoms with van der Waals surface area (Å²) in [6.45, 7) is 7.83. The Morgan fingerprint density at radius 2 is 1.91 bits per heavy atom. The van der Waals surface area contributed by atoms with E-state index in [4.69, 9.17) is 14.5 Å². The number of carbonyl (C=O) groups is 1. The first-order valence-corrected chi connectivity index (χ1v) is 11.6. The van der Waals surface area contributed by atoms with Crippen molar-refractivity contribution in [1.29, 1.82) is 0 Å². The van der Waals surface area contributed by atoms with Gasteiger partial charge < -0.3 is 18.9 Å². The van der Waals surface area contributed by atoms with Crippen LogP contribution >= 0.6 is 0 Å². The van der Waals surface area contributed by atoms with Crippen LogP contribution in [0.2, 0.25) is 0 Å². The number of aliphatic imine (C=N–C) groups is 1. The first-order valence-electron chi connectivity index (χ1n) is 11.6. The van der Waals surface area contributed by atoms with Crippen LogP contribution in [0.15, 0.2) is 71.6 Å². The molecule has 3 heterocycles. The molecule has 0 radical (unpaired) electrons. The minimum absolute atomic E-state index is 0.242. The van der Waals surface area contributed by atoms with Crippen molar-refractivity contribution in [3.63, 3.8) is 0 Å². The van der Waals surface area contributed by atoms with Crippen LogP contribution in [0.3, 0.4) is 0 Å². The number of hydrogen-bond acceptors (Lipinski definition) is 4. The minimum Gasteiger partial charge on any atom is -0.501 e. The average Bonchev–Trinajstić information content (AvgIpc) is 3.34. The molecule has 0 bridgehead atoms. The summed E-state index contributed by atoms with van der Waals surface area (Å²) in [7, 11) is 1.68. The summed E-state index contributed by atoms with van der Waals surface area (Å²) >= 11 is 0. The monoisotopic (exact) mass is 447 g/mol. The van der Waals surface area contributed by atoms with E-state index in [9.17, 15) is 4.79 Å². The Labute approximate surface area is 196 Å². The van der Waals surface area contributed by atoms with E-state index in [2.05, 4.69) is 35.9 Å². The standard InChI is InChI=1S/C27H33N3O3/c1-5-24-23(18-20(2)32-4)28-27(3,25-12-9-15-30(24)25)22-13-16-29(17-14-22)26(31)33-19-21-10-7-6-8-11-21/h5-12,15,18,22H,13-14,16-17,19H2,1-4H3/b20-18+,24-5+. The van der Waals surface area contributed by atoms with Crippen molar-refractivity contribution >= 4 is 17.5 Å². The molecule has 4 rings (SSSR count). The molecule has 2 aliphatic heterocycles. The number of carbonyl (C=O) groups excluding carboxylic acids is 1. The third-order valence-corrected chi connectivity index (χ3v) is 6.83. The number of piperidine rings is 1. The lowest BCUT2D eigenvalue weighted by Crippen LogP contribution is -2.45. The second-order valence-electron chi connectivity index (χ2n) is 8.84. The van der Waals surface area contributed by atoms with E-state index in [-0.39, 0.29) is 11.6 Å². The van der Waals surface area contributed by atoms with E-state index in [1.165, 1.54) is 5.69 Å². The van der Waals surface area contributed by atoms with Gasteiger partial charge in [0.1, 0.15) is 12.1 Å². The largest absolute Gasteiger partial charge is 0.501 e. The highest BCUT2D eigenvalue weighted by Crippen LogP contribution is 2.44. The molecule has 6 heteroatoms. The Hall–Kier alpha value is -3.28. The average molecular weight is 448 g/mol. The molecule has 1 aromatic heterocycles. The highest BCUT2D eigenvalue weighted by molar-refractivity contribution is 6.25. The Balaban J connectivity index is 1.49. The second kappa shape index (κ2) is 9.69. The van der Waals surface area contributed by atoms with Crippen molar-refractivity contribution in [1.82, 2.24) is 9.47 Å². The van der Waals surface area contributed by atoms with Gasteiger partial charge in [0.15, 0.2) is 0 Å². The number of nitrogens with zero attached hydrogens (tertiary/aromatic N) is 3. The molecule has 0 spiro atoms. The molecule has 2 aliphatic rings. The van der Waals surface area contributed by atoms with E-state index in [0.717, 1.165) is 35.6 Å². The zero-order chi connectivity index (χ0) is 23.4. The van der Waals surface area contributed by atoms with Gasteiger partial charge in [-0.05, 0) is 57.2 Å². The predicted molar refractivity (Wildman–Crippen MR) is 131 cm³/mol. The van der Waals surface area contributed by atoms with Gasteiger partial charge in [-0.2, -0.15) is 0 Å². The van der Waals surface area contributed by atoms with Crippen LogP contribution in [0.25, 0.3) is 5.70 Å². The Morgan fingerprint density at radius 1 is 1.18 bits per heavy atom. The minimum atomic E-state index is -0.379. The number of aromatic nitrogens is 1. The van der Waals surface area contributed by atoms with Crippen molar-refractivity contribution in [2.45, 2.75) is 45.8 Å². The number of amides is 1. The number of benzene rings is 1. The summed E-state index contributed by atoms with van der Waals surface area (Å²) in [5, 5.41) is 0. The number of allylic oxidation sites excluding steroid dienone is 4. The third kappa shape index (κ3) is 4.61. The van der Waals surface area contributed by atoms with Gasteiger partial charge in [0.25, 0.3) is 0 Å². The lowest BCUT2D eigenvalue weighted by Gasteiger charge is -2.43. The SMILES string of the molecule is C/C=C1\C(/C=C(\C)OC)=NC(C)(C2CCN(C(=O)OCc3ccccc3)CC2)c2cccn21. The molecule has 2 aromatic rings. The summed E-state index contributed by atoms with van der Waals surface area (Å²) in [4.78, 5) is 19.7. The van der Waals surface area contributed by atoms with Gasteiger partial charge in [-0.15, -0.1) is 0 Å². The third-order valence-electron chi connectivity index (χ3n) is 6.83. The van der Waals surface area contributed by atoms with Gasteiger partial charge >= 0.3 is 6.09 Å². The fraction of sp³-hybridized carbons (Fsp3) is 0.407. The summed E-state index contributed by atoms with van der Waals surface area (Å²) < 4.78 is 13.2. The van der Waals surface area contributed by atoms with Crippen LogP contribution in [-0.2, 0) is 21.6 Å². The maximum Gasteiger partial charge on any atom is 0.410 e. The van der Waals surface area contributed by atoms with Crippen LogP contribution in [-0.4, -0.2) is 41.5 Å². The zero-order valence-electron chi connectivity index (χ0n) is 20.0. The number of fused-ring (bicyclic) bond motifs is 1. The van der Waals surface area contributed by atoms with Crippen molar-refractivity contribution < 1.29 is 14.3 Å². The normalized spacial score (nSPS) is 22.7. The highest BCUT2D eigenvalue weighted by Gasteiger charge is 2.43. The summed E-state index contributed by atoms with van der Waals surface area (Å²) in [6.07, 6.45) is 7.70. The molecular formula is C27H33N3O3. The first kappa shape index (κ1) is 22.9. The molecule has 6 nitrogen and oxygen atoms in total. The molecule has 1 aromatic carbocycles. The lowest BCUT2D eigenvalue weighted by molar-refractivity contribution is 0.0726. The fourth-order valence-corrected chi connectivity index (χ4v) is 4.87. The van der Waals surface area contributed by atoms with Gasteiger partial charge in [-0.25, -0.2) is 4.79 Å². The Kier molecular flexibility index (Phi) is 6.72. The molecule has 1 atom stereocenters. The quantitative estimate of drug-likeness (QED) is 0.559. The summed E-state index contributed by atoms with van der Waals surface area (Å²) in [5.74, 6) is 1.14. The Bertz CT molecular complexity index is 1080. The molecule has 0 N–H and O–H groups in total. The van der Waals surface area contributed by atoms with Crippen molar-refractivity contribution in [2.24, 2.45) is 10.9 Å². The maximum absolute atomic E-state index is 12.6. The lowest BCUT2D eigenvalue weighted by atomic mass is 9.76. The predicted octanol–water partition coefficient (Wildman–Crippen LogP) is 5.62. The molecule has 1 unspecified atom stereocenters. The summed E-state index contributed by atoms with van der Waals surface area (Å²) in [5.41, 5.74) is 3.79. The van der Waals surface area contributed by atoms with E-state index < -0.39 is 0 Å². The van der Waals surface area contributed by atoms with Crippen LogP contribution in [0.1, 0.15) is 44.9 Å². The van der Waals surface area contributed by atoms with Crippen molar-refractivity contribution in [3.05, 3.63) is 77.8 Å². The summed E-state index contributed by atoms with van der Waals surface area (Å²) in [6, 6.07) is 14.0. The maximum atomic E-state index is 12.6. The molecule has 174 valence electrons. The highest BCUT2D eigenvalue weighted by atomic mass is 16.6. The van der Waals surface area contributed by atoms with Gasteiger partial charge in [-0.1, -0.05) is 36.4 Å². The van der Waals surface area contributed by atoms with Crippen molar-refractivity contribution in [3.8, 4) is 0 Å². The number of hydrogen-bond donors (Lipinski definition) is 0. The number of ether oxygens (including phenoxy) is 2. The van der Waals surface area contributed by atoms with Gasteiger partial charge in [0, 0.05) is 25.4 Å². The van der Waals surface area contributed by atoms with Crippen LogP contribution in [0.5, 0.6) is 0 Å². The van der Waals surface area contributed by atoms with E-state index in [1.807, 2.05) is 55.2 Å². The van der Waals surface area contributed by atoms with E-state index in [0.29, 0.717) is 25.6 Å². The second-order valence-corrected chi connectivity index (χ2v) is 8.84. The van der Waals surface area contributed by atoms with Crippen LogP contribution < -0.4 is 0 Å². The van der Waals surface area contributed by atoms with Gasteiger partial charge in [0.05, 0.1) is 30.0 Å². The molecular weight excluding hydrogens is 414 g/mol. The Morgan fingerprint density at radius 3 is 2.58 bits per heavy atom. The molecule has 1 amide bonds. The fourth-order valence-electron chi connectivity index (χ4n) is 4.87. The van der Waals surface area contributed by atoms with Crippen LogP contribution in [0.4, 0.5) is 4.79 Å². The van der Waals surface area contributed by atoms with E-state index >= 15 is 0 Å².